The minimum Gasteiger partial charge on any atom is -0.497 e. The summed E-state index contributed by atoms with van der Waals surface area (Å²) < 4.78 is 10.1. The number of hydrogen-bond donors (Lipinski definition) is 1. The van der Waals surface area contributed by atoms with Gasteiger partial charge in [-0.1, -0.05) is 0 Å². The maximum Gasteiger partial charge on any atom is 0.339 e. The Morgan fingerprint density at radius 3 is 2.37 bits per heavy atom. The van der Waals surface area contributed by atoms with E-state index < -0.39 is 40.6 Å². The lowest BCUT2D eigenvalue weighted by molar-refractivity contribution is -0.494. The molecule has 27 heavy (non-hydrogen) atoms. The Morgan fingerprint density at radius 2 is 1.93 bits per heavy atom. The number of amides is 1. The first-order valence-electron chi connectivity index (χ1n) is 8.41. The quantitative estimate of drug-likeness (QED) is 0.430. The predicted octanol–water partition coefficient (Wildman–Crippen LogP) is 1.23. The average molecular weight is 378 g/mol. The Labute approximate surface area is 156 Å². The molecule has 0 unspecified atom stereocenters. The molecule has 0 fully saturated rings. The Hall–Kier alpha value is -2.94. The maximum absolute atomic E-state index is 12.9. The molecule has 2 rings (SSSR count). The van der Waals surface area contributed by atoms with Gasteiger partial charge < -0.3 is 19.5 Å². The van der Waals surface area contributed by atoms with Crippen molar-refractivity contribution in [1.82, 2.24) is 4.90 Å². The lowest BCUT2D eigenvalue weighted by atomic mass is 9.93. The van der Waals surface area contributed by atoms with Gasteiger partial charge in [-0.05, 0) is 50.6 Å². The van der Waals surface area contributed by atoms with Gasteiger partial charge in [0.1, 0.15) is 11.3 Å². The van der Waals surface area contributed by atoms with E-state index in [-0.39, 0.29) is 12.3 Å². The van der Waals surface area contributed by atoms with Gasteiger partial charge in [-0.2, -0.15) is 0 Å². The van der Waals surface area contributed by atoms with E-state index in [9.17, 15) is 24.8 Å². The molecule has 0 spiro atoms. The normalized spacial score (nSPS) is 19.6. The zero-order chi connectivity index (χ0) is 20.4. The molecule has 1 aliphatic rings. The molecule has 1 atom stereocenters. The summed E-state index contributed by atoms with van der Waals surface area (Å²) in [6.07, 6.45) is 0. The highest BCUT2D eigenvalue weighted by Gasteiger charge is 2.59. The van der Waals surface area contributed by atoms with Crippen molar-refractivity contribution in [2.75, 3.05) is 20.3 Å². The summed E-state index contributed by atoms with van der Waals surface area (Å²) in [6.45, 7) is 3.78. The smallest absolute Gasteiger partial charge is 0.339 e. The topological polar surface area (TPSA) is 119 Å². The molecule has 1 aliphatic heterocycles. The number of methoxy groups -OCH3 is 1. The first-order chi connectivity index (χ1) is 12.7. The molecule has 0 aromatic heterocycles. The zero-order valence-electron chi connectivity index (χ0n) is 15.6. The van der Waals surface area contributed by atoms with E-state index in [1.807, 2.05) is 0 Å². The number of rotatable bonds is 7. The average Bonchev–Trinajstić information content (AvgIpc) is 2.82. The minimum atomic E-state index is -2.60. The van der Waals surface area contributed by atoms with Crippen molar-refractivity contribution in [1.29, 1.82) is 0 Å². The second kappa shape index (κ2) is 7.75. The summed E-state index contributed by atoms with van der Waals surface area (Å²) in [5.74, 6) is -1.34. The lowest BCUT2D eigenvalue weighted by Gasteiger charge is -2.26. The van der Waals surface area contributed by atoms with Crippen LogP contribution < -0.4 is 4.74 Å². The summed E-state index contributed by atoms with van der Waals surface area (Å²) in [4.78, 5) is 37.0. The molecule has 1 N–H and O–H groups in total. The fourth-order valence-corrected chi connectivity index (χ4v) is 3.05. The van der Waals surface area contributed by atoms with Crippen molar-refractivity contribution in [3.8, 4) is 5.75 Å². The van der Waals surface area contributed by atoms with Gasteiger partial charge in [-0.15, -0.1) is 0 Å². The first-order valence-corrected chi connectivity index (χ1v) is 8.41. The second-order valence-corrected chi connectivity index (χ2v) is 6.29. The van der Waals surface area contributed by atoms with E-state index in [2.05, 4.69) is 0 Å². The number of nitro groups is 1. The molecule has 1 aromatic rings. The van der Waals surface area contributed by atoms with Crippen LogP contribution >= 0.6 is 0 Å². The zero-order valence-corrected chi connectivity index (χ0v) is 15.6. The number of aliphatic hydroxyl groups is 1. The number of ether oxygens (including phenoxy) is 2. The Kier molecular flexibility index (Phi) is 5.85. The van der Waals surface area contributed by atoms with E-state index in [0.717, 1.165) is 0 Å². The van der Waals surface area contributed by atoms with Gasteiger partial charge >= 0.3 is 5.97 Å². The van der Waals surface area contributed by atoms with Crippen LogP contribution in [0.25, 0.3) is 5.70 Å². The molecule has 0 bridgehead atoms. The minimum absolute atomic E-state index is 0.0113. The summed E-state index contributed by atoms with van der Waals surface area (Å²) in [5, 5.41) is 22.0. The van der Waals surface area contributed by atoms with Crippen molar-refractivity contribution in [2.24, 2.45) is 0 Å². The fraction of sp³-hybridized carbons (Fsp3) is 0.444. The molecule has 1 amide bonds. The standard InChI is InChI=1S/C18H22N2O7/c1-5-27-16(21)14-15(12-6-8-13(26-4)9-7-12)20(11(2)3)17(22)18(14,23)10-19(24)25/h6-9,11,23H,5,10H2,1-4H3/t18-/m1/s1. The Morgan fingerprint density at radius 1 is 1.33 bits per heavy atom. The van der Waals surface area contributed by atoms with Crippen LogP contribution in [0.4, 0.5) is 0 Å². The number of benzene rings is 1. The van der Waals surface area contributed by atoms with Crippen LogP contribution in [0.2, 0.25) is 0 Å². The Bertz CT molecular complexity index is 785. The van der Waals surface area contributed by atoms with Crippen LogP contribution in [0.1, 0.15) is 26.3 Å². The molecule has 1 heterocycles. The molecular formula is C18H22N2O7. The third-order valence-electron chi connectivity index (χ3n) is 4.18. The molecule has 9 nitrogen and oxygen atoms in total. The number of hydrogen-bond acceptors (Lipinski definition) is 7. The molecule has 9 heteroatoms. The van der Waals surface area contributed by atoms with Crippen molar-refractivity contribution in [2.45, 2.75) is 32.4 Å². The summed E-state index contributed by atoms with van der Waals surface area (Å²) in [7, 11) is 1.49. The van der Waals surface area contributed by atoms with Crippen molar-refractivity contribution in [3.63, 3.8) is 0 Å². The van der Waals surface area contributed by atoms with Crippen LogP contribution in [0, 0.1) is 10.1 Å². The predicted molar refractivity (Wildman–Crippen MR) is 95.3 cm³/mol. The number of esters is 1. The van der Waals surface area contributed by atoms with Gasteiger partial charge in [0, 0.05) is 11.0 Å². The van der Waals surface area contributed by atoms with E-state index in [1.54, 1.807) is 45.0 Å². The second-order valence-electron chi connectivity index (χ2n) is 6.29. The van der Waals surface area contributed by atoms with E-state index >= 15 is 0 Å². The third kappa shape index (κ3) is 3.63. The van der Waals surface area contributed by atoms with Crippen molar-refractivity contribution < 1.29 is 29.1 Å². The molecule has 0 aliphatic carbocycles. The Balaban J connectivity index is 2.77. The van der Waals surface area contributed by atoms with Gasteiger partial charge in [0.05, 0.1) is 19.4 Å². The van der Waals surface area contributed by atoms with Crippen LogP contribution in [-0.4, -0.2) is 58.7 Å². The van der Waals surface area contributed by atoms with Crippen LogP contribution in [0.5, 0.6) is 5.75 Å². The number of carbonyl (C=O) groups excluding carboxylic acids is 2. The van der Waals surface area contributed by atoms with Crippen LogP contribution in [0.15, 0.2) is 29.8 Å². The van der Waals surface area contributed by atoms with E-state index in [1.165, 1.54) is 12.0 Å². The highest BCUT2D eigenvalue weighted by Crippen LogP contribution is 2.41. The van der Waals surface area contributed by atoms with Gasteiger partial charge in [-0.3, -0.25) is 14.9 Å². The lowest BCUT2D eigenvalue weighted by Crippen LogP contribution is -2.50. The fourth-order valence-electron chi connectivity index (χ4n) is 3.05. The summed E-state index contributed by atoms with van der Waals surface area (Å²) in [6, 6.07) is 6.00. The monoisotopic (exact) mass is 378 g/mol. The van der Waals surface area contributed by atoms with Gasteiger partial charge in [0.2, 0.25) is 12.1 Å². The molecule has 0 saturated heterocycles. The molecule has 1 aromatic carbocycles. The third-order valence-corrected chi connectivity index (χ3v) is 4.18. The SMILES string of the molecule is CCOC(=O)C1=C(c2ccc(OC)cc2)N(C(C)C)C(=O)[C@@]1(O)C[N+](=O)[O-]. The van der Waals surface area contributed by atoms with Crippen molar-refractivity contribution in [3.05, 3.63) is 45.5 Å². The van der Waals surface area contributed by atoms with E-state index in [0.29, 0.717) is 11.3 Å². The highest BCUT2D eigenvalue weighted by atomic mass is 16.6. The highest BCUT2D eigenvalue weighted by molar-refractivity contribution is 6.15. The number of carbonyl (C=O) groups is 2. The summed E-state index contributed by atoms with van der Waals surface area (Å²) >= 11 is 0. The first kappa shape index (κ1) is 20.4. The molecule has 146 valence electrons. The summed E-state index contributed by atoms with van der Waals surface area (Å²) in [5.41, 5.74) is -2.50. The van der Waals surface area contributed by atoms with Gasteiger partial charge in [0.25, 0.3) is 5.91 Å². The van der Waals surface area contributed by atoms with Gasteiger partial charge in [0.15, 0.2) is 0 Å². The number of nitrogens with zero attached hydrogens (tertiary/aromatic N) is 2. The van der Waals surface area contributed by atoms with Crippen LogP contribution in [0.3, 0.4) is 0 Å². The maximum atomic E-state index is 12.9. The van der Waals surface area contributed by atoms with Crippen molar-refractivity contribution >= 4 is 17.6 Å². The van der Waals surface area contributed by atoms with Crippen LogP contribution in [-0.2, 0) is 14.3 Å². The van der Waals surface area contributed by atoms with Gasteiger partial charge in [-0.25, -0.2) is 4.79 Å². The molecule has 0 saturated carbocycles. The molecule has 0 radical (unpaired) electrons. The molecular weight excluding hydrogens is 356 g/mol. The van der Waals surface area contributed by atoms with E-state index in [4.69, 9.17) is 9.47 Å². The largest absolute Gasteiger partial charge is 0.497 e.